The first-order valence-corrected chi connectivity index (χ1v) is 3.89. The summed E-state index contributed by atoms with van der Waals surface area (Å²) < 4.78 is 0. The van der Waals surface area contributed by atoms with Gasteiger partial charge in [0.2, 0.25) is 0 Å². The molecule has 1 saturated heterocycles. The number of hydrogen-bond donors (Lipinski definition) is 3. The largest absolute Gasteiger partial charge is 0.464 e. The lowest BCUT2D eigenvalue weighted by molar-refractivity contribution is 0.0600. The summed E-state index contributed by atoms with van der Waals surface area (Å²) in [7, 11) is 0. The fraction of sp³-hybridized carbons (Fsp3) is 0.857. The molecule has 1 aliphatic heterocycles. The maximum atomic E-state index is 10.3. The number of aliphatic hydroxyl groups is 1. The number of carboxylic acid groups (broad SMARTS) is 1. The zero-order valence-electron chi connectivity index (χ0n) is 7.24. The molecule has 5 nitrogen and oxygen atoms in total. The molecule has 1 fully saturated rings. The quantitative estimate of drug-likeness (QED) is 0.523. The van der Waals surface area contributed by atoms with Crippen LogP contribution in [0, 0.1) is 0 Å². The van der Waals surface area contributed by atoms with E-state index in [1.54, 1.807) is 6.92 Å². The van der Waals surface area contributed by atoms with E-state index in [2.05, 4.69) is 5.43 Å². The van der Waals surface area contributed by atoms with Crippen molar-refractivity contribution in [3.05, 3.63) is 0 Å². The van der Waals surface area contributed by atoms with Crippen molar-refractivity contribution < 1.29 is 15.0 Å². The van der Waals surface area contributed by atoms with Crippen molar-refractivity contribution in [2.75, 3.05) is 6.54 Å². The molecular formula is C7H14N2O3. The first-order chi connectivity index (χ1) is 5.41. The first-order valence-electron chi connectivity index (χ1n) is 3.89. The van der Waals surface area contributed by atoms with Crippen LogP contribution in [0.4, 0.5) is 4.79 Å². The molecule has 1 rings (SSSR count). The highest BCUT2D eigenvalue weighted by atomic mass is 16.4. The number of rotatable bonds is 1. The Labute approximate surface area is 71.0 Å². The summed E-state index contributed by atoms with van der Waals surface area (Å²) in [5.74, 6) is 0. The molecule has 0 aromatic carbocycles. The summed E-state index contributed by atoms with van der Waals surface area (Å²) in [6.45, 7) is 3.92. The summed E-state index contributed by atoms with van der Waals surface area (Å²) >= 11 is 0. The van der Waals surface area contributed by atoms with Gasteiger partial charge in [-0.2, -0.15) is 0 Å². The van der Waals surface area contributed by atoms with Gasteiger partial charge in [-0.1, -0.05) is 0 Å². The van der Waals surface area contributed by atoms with Crippen molar-refractivity contribution in [3.8, 4) is 0 Å². The molecule has 1 heterocycles. The highest BCUT2D eigenvalue weighted by molar-refractivity contribution is 5.63. The second kappa shape index (κ2) is 2.91. The molecule has 1 aliphatic rings. The summed E-state index contributed by atoms with van der Waals surface area (Å²) in [4.78, 5) is 10.3. The molecule has 5 heteroatoms. The molecule has 3 N–H and O–H groups in total. The third-order valence-electron chi connectivity index (χ3n) is 2.02. The van der Waals surface area contributed by atoms with Gasteiger partial charge < -0.3 is 10.2 Å². The fourth-order valence-corrected chi connectivity index (χ4v) is 1.61. The Balaban J connectivity index is 2.52. The SMILES string of the molecule is C[C@@H]1C[C@](C)(O)CN1NC(=O)O. The molecule has 2 atom stereocenters. The van der Waals surface area contributed by atoms with Crippen molar-refractivity contribution in [1.82, 2.24) is 10.4 Å². The van der Waals surface area contributed by atoms with Crippen LogP contribution in [0.2, 0.25) is 0 Å². The third kappa shape index (κ3) is 2.09. The van der Waals surface area contributed by atoms with Gasteiger partial charge in [0.1, 0.15) is 0 Å². The van der Waals surface area contributed by atoms with Crippen LogP contribution >= 0.6 is 0 Å². The minimum absolute atomic E-state index is 0.0519. The Morgan fingerprint density at radius 1 is 1.75 bits per heavy atom. The minimum atomic E-state index is -1.08. The average molecular weight is 174 g/mol. The lowest BCUT2D eigenvalue weighted by Crippen LogP contribution is -2.44. The van der Waals surface area contributed by atoms with E-state index in [-0.39, 0.29) is 6.04 Å². The number of hydrazine groups is 1. The normalized spacial score (nSPS) is 36.8. The van der Waals surface area contributed by atoms with Gasteiger partial charge in [0, 0.05) is 12.6 Å². The molecule has 0 aromatic heterocycles. The molecule has 0 aromatic rings. The lowest BCUT2D eigenvalue weighted by Gasteiger charge is -2.19. The van der Waals surface area contributed by atoms with Crippen LogP contribution in [0.3, 0.4) is 0 Å². The minimum Gasteiger partial charge on any atom is -0.464 e. The fourth-order valence-electron chi connectivity index (χ4n) is 1.61. The third-order valence-corrected chi connectivity index (χ3v) is 2.02. The number of hydrogen-bond acceptors (Lipinski definition) is 3. The number of β-amino-alcohol motifs (C(OH)–C–C–N with tert-alkyl or cyclic N) is 1. The molecule has 1 amide bonds. The van der Waals surface area contributed by atoms with Gasteiger partial charge in [0.15, 0.2) is 0 Å². The second-order valence-electron chi connectivity index (χ2n) is 3.59. The van der Waals surface area contributed by atoms with Crippen molar-refractivity contribution in [2.45, 2.75) is 31.9 Å². The Morgan fingerprint density at radius 3 is 2.67 bits per heavy atom. The molecule has 0 spiro atoms. The van der Waals surface area contributed by atoms with E-state index in [1.807, 2.05) is 6.92 Å². The van der Waals surface area contributed by atoms with E-state index in [0.29, 0.717) is 13.0 Å². The lowest BCUT2D eigenvalue weighted by atomic mass is 10.0. The van der Waals surface area contributed by atoms with Crippen molar-refractivity contribution in [2.24, 2.45) is 0 Å². The van der Waals surface area contributed by atoms with Gasteiger partial charge >= 0.3 is 6.09 Å². The Morgan fingerprint density at radius 2 is 2.33 bits per heavy atom. The van der Waals surface area contributed by atoms with E-state index in [1.165, 1.54) is 5.01 Å². The van der Waals surface area contributed by atoms with Crippen LogP contribution in [0.1, 0.15) is 20.3 Å². The number of nitrogens with zero attached hydrogens (tertiary/aromatic N) is 1. The highest BCUT2D eigenvalue weighted by Gasteiger charge is 2.37. The van der Waals surface area contributed by atoms with Crippen LogP contribution in [-0.2, 0) is 0 Å². The van der Waals surface area contributed by atoms with Crippen molar-refractivity contribution >= 4 is 6.09 Å². The predicted molar refractivity (Wildman–Crippen MR) is 42.6 cm³/mol. The van der Waals surface area contributed by atoms with Gasteiger partial charge in [0.25, 0.3) is 0 Å². The van der Waals surface area contributed by atoms with E-state index in [0.717, 1.165) is 0 Å². The molecule has 12 heavy (non-hydrogen) atoms. The monoisotopic (exact) mass is 174 g/mol. The topological polar surface area (TPSA) is 72.8 Å². The van der Waals surface area contributed by atoms with E-state index in [4.69, 9.17) is 5.11 Å². The molecule has 0 bridgehead atoms. The molecule has 0 aliphatic carbocycles. The predicted octanol–water partition coefficient (Wildman–Crippen LogP) is 0.0142. The van der Waals surface area contributed by atoms with E-state index < -0.39 is 11.7 Å². The smallest absolute Gasteiger partial charge is 0.419 e. The standard InChI is InChI=1S/C7H14N2O3/c1-5-3-7(2,12)4-9(5)8-6(10)11/h5,8,12H,3-4H2,1-2H3,(H,10,11)/t5-,7+/m1/s1. The van der Waals surface area contributed by atoms with E-state index >= 15 is 0 Å². The summed E-state index contributed by atoms with van der Waals surface area (Å²) in [5, 5.41) is 19.5. The summed E-state index contributed by atoms with van der Waals surface area (Å²) in [6, 6.07) is 0.0519. The first kappa shape index (κ1) is 9.28. The van der Waals surface area contributed by atoms with Gasteiger partial charge in [-0.15, -0.1) is 0 Å². The molecular weight excluding hydrogens is 160 g/mol. The van der Waals surface area contributed by atoms with Gasteiger partial charge in [-0.05, 0) is 20.3 Å². The number of nitrogens with one attached hydrogen (secondary N) is 1. The zero-order chi connectivity index (χ0) is 9.35. The van der Waals surface area contributed by atoms with Gasteiger partial charge in [-0.3, -0.25) is 5.43 Å². The molecule has 0 radical (unpaired) electrons. The molecule has 70 valence electrons. The van der Waals surface area contributed by atoms with Crippen LogP contribution in [-0.4, -0.2) is 39.5 Å². The second-order valence-corrected chi connectivity index (χ2v) is 3.59. The van der Waals surface area contributed by atoms with Gasteiger partial charge in [-0.25, -0.2) is 9.80 Å². The van der Waals surface area contributed by atoms with Crippen molar-refractivity contribution in [1.29, 1.82) is 0 Å². The maximum absolute atomic E-state index is 10.3. The summed E-state index contributed by atoms with van der Waals surface area (Å²) in [6.07, 6.45) is -0.493. The highest BCUT2D eigenvalue weighted by Crippen LogP contribution is 2.24. The van der Waals surface area contributed by atoms with Gasteiger partial charge in [0.05, 0.1) is 5.60 Å². The number of amides is 1. The Kier molecular flexibility index (Phi) is 2.25. The van der Waals surface area contributed by atoms with Crippen LogP contribution in [0.5, 0.6) is 0 Å². The average Bonchev–Trinajstić information content (AvgIpc) is 2.03. The molecule has 0 unspecified atom stereocenters. The summed E-state index contributed by atoms with van der Waals surface area (Å²) in [5.41, 5.74) is 1.46. The zero-order valence-corrected chi connectivity index (χ0v) is 7.24. The number of carbonyl (C=O) groups is 1. The molecule has 0 saturated carbocycles. The Hall–Kier alpha value is -0.810. The van der Waals surface area contributed by atoms with Crippen molar-refractivity contribution in [3.63, 3.8) is 0 Å². The van der Waals surface area contributed by atoms with Crippen LogP contribution < -0.4 is 5.43 Å². The van der Waals surface area contributed by atoms with E-state index in [9.17, 15) is 9.90 Å². The maximum Gasteiger partial charge on any atom is 0.419 e. The van der Waals surface area contributed by atoms with Crippen LogP contribution in [0.15, 0.2) is 0 Å². The Bertz CT molecular complexity index is 193. The van der Waals surface area contributed by atoms with Crippen LogP contribution in [0.25, 0.3) is 0 Å².